The molecular weight excluding hydrogens is 312 g/mol. The highest BCUT2D eigenvalue weighted by atomic mass is 127. The molecule has 1 aromatic rings. The fraction of sp³-hybridized carbons (Fsp3) is 0.143. The van der Waals surface area contributed by atoms with Gasteiger partial charge in [-0.15, -0.1) is 13.2 Å². The second kappa shape index (κ2) is 4.00. The van der Waals surface area contributed by atoms with Gasteiger partial charge in [0.1, 0.15) is 11.6 Å². The maximum Gasteiger partial charge on any atom is 0.574 e. The molecule has 0 aliphatic carbocycles. The number of nitrogens with zero attached hydrogens (tertiary/aromatic N) is 2. The van der Waals surface area contributed by atoms with E-state index in [4.69, 9.17) is 5.26 Å². The summed E-state index contributed by atoms with van der Waals surface area (Å²) < 4.78 is 39.4. The Morgan fingerprint density at radius 1 is 1.50 bits per heavy atom. The van der Waals surface area contributed by atoms with Crippen molar-refractivity contribution in [2.75, 3.05) is 0 Å². The van der Waals surface area contributed by atoms with Crippen LogP contribution in [0, 0.1) is 14.9 Å². The average Bonchev–Trinajstić information content (AvgIpc) is 2.01. The first-order valence-corrected chi connectivity index (χ1v) is 4.32. The summed E-state index contributed by atoms with van der Waals surface area (Å²) in [6, 6.07) is 3.01. The van der Waals surface area contributed by atoms with Crippen LogP contribution in [0.1, 0.15) is 5.56 Å². The van der Waals surface area contributed by atoms with Crippen LogP contribution >= 0.6 is 22.6 Å². The van der Waals surface area contributed by atoms with Gasteiger partial charge in [0.05, 0.1) is 0 Å². The minimum atomic E-state index is -4.83. The molecule has 0 aliphatic rings. The molecule has 0 amide bonds. The Labute approximate surface area is 90.6 Å². The van der Waals surface area contributed by atoms with Gasteiger partial charge in [-0.25, -0.2) is 4.98 Å². The highest BCUT2D eigenvalue weighted by Crippen LogP contribution is 2.26. The number of rotatable bonds is 1. The van der Waals surface area contributed by atoms with E-state index in [1.54, 1.807) is 28.7 Å². The van der Waals surface area contributed by atoms with Crippen LogP contribution in [-0.2, 0) is 0 Å². The van der Waals surface area contributed by atoms with Crippen molar-refractivity contribution in [3.05, 3.63) is 21.4 Å². The van der Waals surface area contributed by atoms with Crippen molar-refractivity contribution >= 4 is 22.6 Å². The maximum absolute atomic E-state index is 11.8. The van der Waals surface area contributed by atoms with Crippen LogP contribution in [0.2, 0.25) is 0 Å². The predicted octanol–water partition coefficient (Wildman–Crippen LogP) is 2.46. The zero-order valence-corrected chi connectivity index (χ0v) is 8.63. The normalized spacial score (nSPS) is 10.8. The monoisotopic (exact) mass is 314 g/mol. The third-order valence-corrected chi connectivity index (χ3v) is 2.09. The molecule has 0 bridgehead atoms. The number of ether oxygens (including phenoxy) is 1. The van der Waals surface area contributed by atoms with Crippen molar-refractivity contribution in [3.8, 4) is 11.9 Å². The maximum atomic E-state index is 11.8. The summed E-state index contributed by atoms with van der Waals surface area (Å²) in [4.78, 5) is 3.33. The second-order valence-corrected chi connectivity index (χ2v) is 3.29. The Morgan fingerprint density at radius 2 is 2.14 bits per heavy atom. The average molecular weight is 314 g/mol. The summed E-state index contributed by atoms with van der Waals surface area (Å²) in [5, 5.41) is 8.55. The molecule has 0 N–H and O–H groups in total. The van der Waals surface area contributed by atoms with Crippen molar-refractivity contribution in [3.63, 3.8) is 0 Å². The van der Waals surface area contributed by atoms with E-state index in [-0.39, 0.29) is 5.56 Å². The predicted molar refractivity (Wildman–Crippen MR) is 48.4 cm³/mol. The summed E-state index contributed by atoms with van der Waals surface area (Å²) in [7, 11) is 0. The standard InChI is InChI=1S/C7H2F3IN2O/c8-7(9,10)14-6-4(3-12)5(11)1-2-13-6/h1-2H. The third-order valence-electron chi connectivity index (χ3n) is 1.19. The van der Waals surface area contributed by atoms with Gasteiger partial charge >= 0.3 is 6.36 Å². The Hall–Kier alpha value is -1.04. The van der Waals surface area contributed by atoms with Crippen LogP contribution in [0.25, 0.3) is 0 Å². The number of pyridine rings is 1. The molecule has 0 saturated carbocycles. The van der Waals surface area contributed by atoms with E-state index >= 15 is 0 Å². The smallest absolute Gasteiger partial charge is 0.386 e. The number of alkyl halides is 3. The van der Waals surface area contributed by atoms with E-state index < -0.39 is 12.2 Å². The second-order valence-electron chi connectivity index (χ2n) is 2.13. The lowest BCUT2D eigenvalue weighted by Crippen LogP contribution is -2.18. The van der Waals surface area contributed by atoms with Gasteiger partial charge in [0.15, 0.2) is 0 Å². The lowest BCUT2D eigenvalue weighted by atomic mass is 10.3. The zero-order chi connectivity index (χ0) is 10.8. The molecule has 0 fully saturated rings. The van der Waals surface area contributed by atoms with Gasteiger partial charge in [-0.1, -0.05) is 0 Å². The van der Waals surface area contributed by atoms with Gasteiger partial charge in [0.2, 0.25) is 5.88 Å². The van der Waals surface area contributed by atoms with Crippen LogP contribution in [-0.4, -0.2) is 11.3 Å². The Balaban J connectivity index is 3.10. The number of nitriles is 1. The molecule has 1 heterocycles. The molecule has 1 aromatic heterocycles. The Bertz CT molecular complexity index is 386. The molecule has 0 spiro atoms. The molecular formula is C7H2F3IN2O. The van der Waals surface area contributed by atoms with E-state index in [1.165, 1.54) is 6.07 Å². The van der Waals surface area contributed by atoms with Gasteiger partial charge in [0, 0.05) is 9.77 Å². The molecule has 0 atom stereocenters. The third kappa shape index (κ3) is 2.73. The van der Waals surface area contributed by atoms with Crippen LogP contribution in [0.5, 0.6) is 5.88 Å². The molecule has 0 radical (unpaired) electrons. The minimum absolute atomic E-state index is 0.217. The quantitative estimate of drug-likeness (QED) is 0.748. The molecule has 3 nitrogen and oxygen atoms in total. The Morgan fingerprint density at radius 3 is 2.64 bits per heavy atom. The number of hydrogen-bond acceptors (Lipinski definition) is 3. The molecule has 0 saturated heterocycles. The Kier molecular flexibility index (Phi) is 3.15. The molecule has 1 rings (SSSR count). The van der Waals surface area contributed by atoms with Gasteiger partial charge in [-0.05, 0) is 28.7 Å². The molecule has 0 aromatic carbocycles. The van der Waals surface area contributed by atoms with E-state index in [0.29, 0.717) is 3.57 Å². The number of hydrogen-bond donors (Lipinski definition) is 0. The molecule has 0 aliphatic heterocycles. The first-order chi connectivity index (χ1) is 6.44. The molecule has 0 unspecified atom stereocenters. The SMILES string of the molecule is N#Cc1c(I)ccnc1OC(F)(F)F. The fourth-order valence-corrected chi connectivity index (χ4v) is 1.22. The molecule has 14 heavy (non-hydrogen) atoms. The highest BCUT2D eigenvalue weighted by molar-refractivity contribution is 14.1. The lowest BCUT2D eigenvalue weighted by Gasteiger charge is -2.08. The van der Waals surface area contributed by atoms with E-state index in [0.717, 1.165) is 6.20 Å². The van der Waals surface area contributed by atoms with Crippen molar-refractivity contribution in [2.45, 2.75) is 6.36 Å². The summed E-state index contributed by atoms with van der Waals surface area (Å²) in [6.45, 7) is 0. The van der Waals surface area contributed by atoms with Gasteiger partial charge in [-0.2, -0.15) is 5.26 Å². The largest absolute Gasteiger partial charge is 0.574 e. The first-order valence-electron chi connectivity index (χ1n) is 3.24. The summed E-state index contributed by atoms with van der Waals surface area (Å²) in [5.74, 6) is -0.716. The van der Waals surface area contributed by atoms with Crippen LogP contribution in [0.3, 0.4) is 0 Å². The minimum Gasteiger partial charge on any atom is -0.386 e. The molecule has 7 heteroatoms. The van der Waals surface area contributed by atoms with Gasteiger partial charge in [0.25, 0.3) is 0 Å². The van der Waals surface area contributed by atoms with Crippen molar-refractivity contribution in [1.29, 1.82) is 5.26 Å². The number of aromatic nitrogens is 1. The van der Waals surface area contributed by atoms with Crippen LogP contribution in [0.4, 0.5) is 13.2 Å². The first kappa shape index (κ1) is 11.0. The van der Waals surface area contributed by atoms with Crippen molar-refractivity contribution in [2.24, 2.45) is 0 Å². The fourth-order valence-electron chi connectivity index (χ4n) is 0.709. The summed E-state index contributed by atoms with van der Waals surface area (Å²) in [6.07, 6.45) is -3.69. The van der Waals surface area contributed by atoms with E-state index in [9.17, 15) is 13.2 Å². The zero-order valence-electron chi connectivity index (χ0n) is 6.47. The van der Waals surface area contributed by atoms with Gasteiger partial charge in [-0.3, -0.25) is 0 Å². The van der Waals surface area contributed by atoms with Gasteiger partial charge < -0.3 is 4.74 Å². The van der Waals surface area contributed by atoms with Crippen molar-refractivity contribution in [1.82, 2.24) is 4.98 Å². The summed E-state index contributed by atoms with van der Waals surface area (Å²) >= 11 is 1.73. The summed E-state index contributed by atoms with van der Waals surface area (Å²) in [5.41, 5.74) is -0.217. The van der Waals surface area contributed by atoms with Crippen molar-refractivity contribution < 1.29 is 17.9 Å². The van der Waals surface area contributed by atoms with Crippen LogP contribution in [0.15, 0.2) is 12.3 Å². The topological polar surface area (TPSA) is 45.9 Å². The van der Waals surface area contributed by atoms with E-state index in [1.807, 2.05) is 0 Å². The molecule has 74 valence electrons. The van der Waals surface area contributed by atoms with Crippen LogP contribution < -0.4 is 4.74 Å². The number of halogens is 4. The van der Waals surface area contributed by atoms with E-state index in [2.05, 4.69) is 9.72 Å². The lowest BCUT2D eigenvalue weighted by molar-refractivity contribution is -0.276. The highest BCUT2D eigenvalue weighted by Gasteiger charge is 2.33.